The van der Waals surface area contributed by atoms with Crippen LogP contribution in [0.1, 0.15) is 25.0 Å². The normalized spacial score (nSPS) is 12.9. The van der Waals surface area contributed by atoms with Crippen molar-refractivity contribution in [3.63, 3.8) is 0 Å². The molecule has 1 N–H and O–H groups in total. The molecule has 0 radical (unpaired) electrons. The Balaban J connectivity index is 2.72. The van der Waals surface area contributed by atoms with Gasteiger partial charge in [-0.1, -0.05) is 31.2 Å². The summed E-state index contributed by atoms with van der Waals surface area (Å²) in [4.78, 5) is 0. The molecular formula is C11H16O. The molecule has 1 aromatic carbocycles. The second-order valence-electron chi connectivity index (χ2n) is 3.23. The van der Waals surface area contributed by atoms with Gasteiger partial charge in [0.2, 0.25) is 0 Å². The third-order valence-electron chi connectivity index (χ3n) is 1.93. The van der Waals surface area contributed by atoms with E-state index in [1.54, 1.807) is 0 Å². The quantitative estimate of drug-likeness (QED) is 0.726. The van der Waals surface area contributed by atoms with Gasteiger partial charge in [0.15, 0.2) is 0 Å². The summed E-state index contributed by atoms with van der Waals surface area (Å²) in [6, 6.07) is 8.39. The van der Waals surface area contributed by atoms with Crippen molar-refractivity contribution < 1.29 is 5.11 Å². The number of hydrogen-bond acceptors (Lipinski definition) is 1. The van der Waals surface area contributed by atoms with Crippen molar-refractivity contribution in [3.8, 4) is 0 Å². The summed E-state index contributed by atoms with van der Waals surface area (Å²) in [5.74, 6) is 0. The lowest BCUT2D eigenvalue weighted by molar-refractivity contribution is 0.195. The minimum absolute atomic E-state index is 0.239. The second-order valence-corrected chi connectivity index (χ2v) is 3.23. The van der Waals surface area contributed by atoms with E-state index in [9.17, 15) is 0 Å². The standard InChI is InChI=1S/C11H16O/c1-3-10-5-4-6-11(8-10)7-9(2)12/h4-6,8-9,12H,3,7H2,1-2H3. The maximum absolute atomic E-state index is 9.17. The summed E-state index contributed by atoms with van der Waals surface area (Å²) >= 11 is 0. The fourth-order valence-corrected chi connectivity index (χ4v) is 1.32. The van der Waals surface area contributed by atoms with Gasteiger partial charge in [0.05, 0.1) is 6.10 Å². The van der Waals surface area contributed by atoms with E-state index in [0.29, 0.717) is 0 Å². The van der Waals surface area contributed by atoms with Crippen molar-refractivity contribution in [3.05, 3.63) is 35.4 Å². The highest BCUT2D eigenvalue weighted by Gasteiger charge is 1.98. The highest BCUT2D eigenvalue weighted by Crippen LogP contribution is 2.07. The van der Waals surface area contributed by atoms with E-state index >= 15 is 0 Å². The van der Waals surface area contributed by atoms with Crippen LogP contribution in [0.4, 0.5) is 0 Å². The van der Waals surface area contributed by atoms with E-state index in [1.807, 2.05) is 6.92 Å². The van der Waals surface area contributed by atoms with Gasteiger partial charge in [0.25, 0.3) is 0 Å². The molecule has 1 atom stereocenters. The Hall–Kier alpha value is -0.820. The Labute approximate surface area is 74.1 Å². The van der Waals surface area contributed by atoms with Crippen molar-refractivity contribution in [1.29, 1.82) is 0 Å². The summed E-state index contributed by atoms with van der Waals surface area (Å²) in [6.07, 6.45) is 1.58. The maximum atomic E-state index is 9.17. The lowest BCUT2D eigenvalue weighted by atomic mass is 10.0. The zero-order valence-electron chi connectivity index (χ0n) is 7.75. The molecule has 1 unspecified atom stereocenters. The molecule has 0 amide bonds. The largest absolute Gasteiger partial charge is 0.393 e. The van der Waals surface area contributed by atoms with Gasteiger partial charge in [-0.25, -0.2) is 0 Å². The molecule has 0 spiro atoms. The van der Waals surface area contributed by atoms with Crippen molar-refractivity contribution in [2.75, 3.05) is 0 Å². The zero-order valence-corrected chi connectivity index (χ0v) is 7.75. The molecule has 1 rings (SSSR count). The maximum Gasteiger partial charge on any atom is 0.0552 e. The highest BCUT2D eigenvalue weighted by atomic mass is 16.3. The van der Waals surface area contributed by atoms with E-state index in [0.717, 1.165) is 12.8 Å². The third-order valence-corrected chi connectivity index (χ3v) is 1.93. The predicted molar refractivity (Wildman–Crippen MR) is 51.2 cm³/mol. The van der Waals surface area contributed by atoms with E-state index in [4.69, 9.17) is 5.11 Å². The average molecular weight is 164 g/mol. The van der Waals surface area contributed by atoms with Crippen LogP contribution >= 0.6 is 0 Å². The Morgan fingerprint density at radius 3 is 2.58 bits per heavy atom. The SMILES string of the molecule is CCc1cccc(CC(C)O)c1. The molecule has 1 nitrogen and oxygen atoms in total. The van der Waals surface area contributed by atoms with E-state index in [1.165, 1.54) is 11.1 Å². The number of hydrogen-bond donors (Lipinski definition) is 1. The summed E-state index contributed by atoms with van der Waals surface area (Å²) < 4.78 is 0. The molecule has 12 heavy (non-hydrogen) atoms. The Bertz CT molecular complexity index is 241. The van der Waals surface area contributed by atoms with Gasteiger partial charge in [-0.15, -0.1) is 0 Å². The van der Waals surface area contributed by atoms with Gasteiger partial charge in [-0.05, 0) is 30.9 Å². The molecular weight excluding hydrogens is 148 g/mol. The first-order chi connectivity index (χ1) is 5.72. The number of aryl methyl sites for hydroxylation is 1. The van der Waals surface area contributed by atoms with E-state index in [-0.39, 0.29) is 6.10 Å². The minimum atomic E-state index is -0.239. The zero-order chi connectivity index (χ0) is 8.97. The molecule has 0 aromatic heterocycles. The molecule has 0 fully saturated rings. The molecule has 0 heterocycles. The first kappa shape index (κ1) is 9.27. The van der Waals surface area contributed by atoms with E-state index < -0.39 is 0 Å². The minimum Gasteiger partial charge on any atom is -0.393 e. The van der Waals surface area contributed by atoms with Crippen LogP contribution in [0, 0.1) is 0 Å². The van der Waals surface area contributed by atoms with Gasteiger partial charge in [-0.3, -0.25) is 0 Å². The molecule has 66 valence electrons. The van der Waals surface area contributed by atoms with Crippen LogP contribution in [-0.4, -0.2) is 11.2 Å². The number of rotatable bonds is 3. The molecule has 0 aliphatic carbocycles. The van der Waals surface area contributed by atoms with Crippen molar-refractivity contribution in [1.82, 2.24) is 0 Å². The van der Waals surface area contributed by atoms with Crippen molar-refractivity contribution in [2.24, 2.45) is 0 Å². The molecule has 0 aliphatic rings. The van der Waals surface area contributed by atoms with Crippen LogP contribution in [0.25, 0.3) is 0 Å². The lowest BCUT2D eigenvalue weighted by Crippen LogP contribution is -2.04. The molecule has 0 saturated carbocycles. The molecule has 0 aliphatic heterocycles. The lowest BCUT2D eigenvalue weighted by Gasteiger charge is -2.05. The van der Waals surface area contributed by atoms with Gasteiger partial charge >= 0.3 is 0 Å². The highest BCUT2D eigenvalue weighted by molar-refractivity contribution is 5.23. The van der Waals surface area contributed by atoms with Crippen LogP contribution in [-0.2, 0) is 12.8 Å². The molecule has 0 saturated heterocycles. The average Bonchev–Trinajstić information content (AvgIpc) is 2.03. The Morgan fingerprint density at radius 1 is 1.33 bits per heavy atom. The first-order valence-electron chi connectivity index (χ1n) is 4.48. The van der Waals surface area contributed by atoms with Gasteiger partial charge in [-0.2, -0.15) is 0 Å². The molecule has 0 bridgehead atoms. The summed E-state index contributed by atoms with van der Waals surface area (Å²) in [7, 11) is 0. The fraction of sp³-hybridized carbons (Fsp3) is 0.455. The van der Waals surface area contributed by atoms with Gasteiger partial charge in [0.1, 0.15) is 0 Å². The number of benzene rings is 1. The predicted octanol–water partition coefficient (Wildman–Crippen LogP) is 2.17. The van der Waals surface area contributed by atoms with Crippen molar-refractivity contribution in [2.45, 2.75) is 32.8 Å². The topological polar surface area (TPSA) is 20.2 Å². The van der Waals surface area contributed by atoms with Crippen LogP contribution in [0.2, 0.25) is 0 Å². The van der Waals surface area contributed by atoms with E-state index in [2.05, 4.69) is 31.2 Å². The fourth-order valence-electron chi connectivity index (χ4n) is 1.32. The first-order valence-corrected chi connectivity index (χ1v) is 4.48. The van der Waals surface area contributed by atoms with Gasteiger partial charge < -0.3 is 5.11 Å². The van der Waals surface area contributed by atoms with Crippen LogP contribution < -0.4 is 0 Å². The number of aliphatic hydroxyl groups excluding tert-OH is 1. The van der Waals surface area contributed by atoms with Crippen molar-refractivity contribution >= 4 is 0 Å². The van der Waals surface area contributed by atoms with Crippen LogP contribution in [0.3, 0.4) is 0 Å². The number of aliphatic hydroxyl groups is 1. The van der Waals surface area contributed by atoms with Crippen LogP contribution in [0.5, 0.6) is 0 Å². The van der Waals surface area contributed by atoms with Crippen LogP contribution in [0.15, 0.2) is 24.3 Å². The second kappa shape index (κ2) is 4.27. The summed E-state index contributed by atoms with van der Waals surface area (Å²) in [5, 5.41) is 9.17. The smallest absolute Gasteiger partial charge is 0.0552 e. The summed E-state index contributed by atoms with van der Waals surface area (Å²) in [5.41, 5.74) is 2.57. The molecule has 1 aromatic rings. The monoisotopic (exact) mass is 164 g/mol. The Morgan fingerprint density at radius 2 is 2.00 bits per heavy atom. The Kier molecular flexibility index (Phi) is 3.30. The third kappa shape index (κ3) is 2.67. The molecule has 1 heteroatoms. The summed E-state index contributed by atoms with van der Waals surface area (Å²) in [6.45, 7) is 3.96. The van der Waals surface area contributed by atoms with Gasteiger partial charge in [0, 0.05) is 0 Å².